The summed E-state index contributed by atoms with van der Waals surface area (Å²) >= 11 is 7.30. The Morgan fingerprint density at radius 3 is 2.65 bits per heavy atom. The molecule has 1 amide bonds. The molecule has 0 bridgehead atoms. The average molecular weight is 405 g/mol. The summed E-state index contributed by atoms with van der Waals surface area (Å²) in [7, 11) is 0. The van der Waals surface area contributed by atoms with Gasteiger partial charge in [0.15, 0.2) is 5.11 Å². The molecular weight excluding hydrogens is 385 g/mol. The van der Waals surface area contributed by atoms with Gasteiger partial charge in [-0.25, -0.2) is 0 Å². The van der Waals surface area contributed by atoms with Gasteiger partial charge in [0.1, 0.15) is 0 Å². The Hall–Kier alpha value is -0.730. The van der Waals surface area contributed by atoms with Gasteiger partial charge < -0.3 is 10.2 Å². The Morgan fingerprint density at radius 2 is 2.05 bits per heavy atom. The number of likely N-dealkylation sites (N-methyl/N-ethyl adjacent to an activating group) is 1. The normalized spacial score (nSPS) is 10.4. The minimum atomic E-state index is -0.177. The van der Waals surface area contributed by atoms with Crippen molar-refractivity contribution >= 4 is 45.8 Å². The third-order valence-electron chi connectivity index (χ3n) is 2.92. The Morgan fingerprint density at radius 1 is 1.35 bits per heavy atom. The third kappa shape index (κ3) is 6.15. The predicted octanol–water partition coefficient (Wildman–Crippen LogP) is 2.24. The van der Waals surface area contributed by atoms with Gasteiger partial charge in [-0.2, -0.15) is 0 Å². The van der Waals surface area contributed by atoms with E-state index in [0.717, 1.165) is 29.7 Å². The maximum Gasteiger partial charge on any atom is 0.257 e. The zero-order chi connectivity index (χ0) is 15.0. The average Bonchev–Trinajstić information content (AvgIpc) is 2.43. The number of thiocarbonyl (C=S) groups is 1. The summed E-state index contributed by atoms with van der Waals surface area (Å²) in [6, 6.07) is 7.40. The van der Waals surface area contributed by atoms with E-state index < -0.39 is 0 Å². The van der Waals surface area contributed by atoms with Crippen molar-refractivity contribution in [2.75, 3.05) is 26.2 Å². The van der Waals surface area contributed by atoms with Crippen LogP contribution in [0.2, 0.25) is 0 Å². The molecule has 1 aromatic carbocycles. The van der Waals surface area contributed by atoms with Crippen LogP contribution in [0.5, 0.6) is 0 Å². The highest BCUT2D eigenvalue weighted by atomic mass is 127. The van der Waals surface area contributed by atoms with Gasteiger partial charge in [0, 0.05) is 22.2 Å². The number of hydrogen-bond donors (Lipinski definition) is 2. The molecule has 1 aromatic rings. The molecule has 1 rings (SSSR count). The molecule has 0 fully saturated rings. The second kappa shape index (κ2) is 9.25. The number of hydrogen-bond acceptors (Lipinski definition) is 3. The number of halogens is 1. The lowest BCUT2D eigenvalue weighted by Gasteiger charge is -2.18. The van der Waals surface area contributed by atoms with E-state index in [1.165, 1.54) is 0 Å². The Labute approximate surface area is 139 Å². The molecule has 0 aromatic heterocycles. The van der Waals surface area contributed by atoms with Crippen LogP contribution >= 0.6 is 34.8 Å². The summed E-state index contributed by atoms with van der Waals surface area (Å²) in [6.45, 7) is 7.92. The SMILES string of the molecule is CCN(CC)CCNC(=S)NC(=O)c1cccc(I)c1. The molecule has 2 N–H and O–H groups in total. The van der Waals surface area contributed by atoms with E-state index in [4.69, 9.17) is 12.2 Å². The summed E-state index contributed by atoms with van der Waals surface area (Å²) in [6.07, 6.45) is 0. The van der Waals surface area contributed by atoms with Crippen LogP contribution in [0, 0.1) is 3.57 Å². The molecule has 0 unspecified atom stereocenters. The quantitative estimate of drug-likeness (QED) is 0.563. The minimum absolute atomic E-state index is 0.177. The Bertz CT molecular complexity index is 463. The van der Waals surface area contributed by atoms with Crippen LogP contribution in [-0.2, 0) is 0 Å². The van der Waals surface area contributed by atoms with E-state index in [0.29, 0.717) is 10.7 Å². The molecule has 0 saturated carbocycles. The second-order valence-corrected chi connectivity index (χ2v) is 5.90. The lowest BCUT2D eigenvalue weighted by Crippen LogP contribution is -2.42. The molecular formula is C14H20IN3OS. The van der Waals surface area contributed by atoms with Crippen LogP contribution in [0.25, 0.3) is 0 Å². The standard InChI is InChI=1S/C14H20IN3OS/c1-3-18(4-2)9-8-16-14(20)17-13(19)11-6-5-7-12(15)10-11/h5-7,10H,3-4,8-9H2,1-2H3,(H2,16,17,19,20). The third-order valence-corrected chi connectivity index (χ3v) is 3.84. The van der Waals surface area contributed by atoms with Crippen molar-refractivity contribution < 1.29 is 4.79 Å². The van der Waals surface area contributed by atoms with Crippen molar-refractivity contribution in [1.82, 2.24) is 15.5 Å². The van der Waals surface area contributed by atoms with Gasteiger partial charge in [-0.05, 0) is 66.1 Å². The van der Waals surface area contributed by atoms with E-state index in [1.54, 1.807) is 6.07 Å². The van der Waals surface area contributed by atoms with Crippen LogP contribution in [0.3, 0.4) is 0 Å². The fourth-order valence-electron chi connectivity index (χ4n) is 1.72. The number of nitrogens with zero attached hydrogens (tertiary/aromatic N) is 1. The highest BCUT2D eigenvalue weighted by Gasteiger charge is 2.08. The molecule has 20 heavy (non-hydrogen) atoms. The number of carbonyl (C=O) groups is 1. The summed E-state index contributed by atoms with van der Waals surface area (Å²) in [5, 5.41) is 6.12. The van der Waals surface area contributed by atoms with E-state index in [1.807, 2.05) is 18.2 Å². The monoisotopic (exact) mass is 405 g/mol. The zero-order valence-electron chi connectivity index (χ0n) is 11.8. The molecule has 0 aliphatic heterocycles. The van der Waals surface area contributed by atoms with Gasteiger partial charge in [0.25, 0.3) is 5.91 Å². The van der Waals surface area contributed by atoms with Crippen molar-refractivity contribution in [2.45, 2.75) is 13.8 Å². The van der Waals surface area contributed by atoms with E-state index in [-0.39, 0.29) is 5.91 Å². The highest BCUT2D eigenvalue weighted by Crippen LogP contribution is 2.07. The van der Waals surface area contributed by atoms with E-state index >= 15 is 0 Å². The van der Waals surface area contributed by atoms with Crippen LogP contribution in [0.4, 0.5) is 0 Å². The molecule has 0 aliphatic carbocycles. The molecule has 110 valence electrons. The first kappa shape index (κ1) is 17.3. The topological polar surface area (TPSA) is 44.4 Å². The lowest BCUT2D eigenvalue weighted by atomic mass is 10.2. The van der Waals surface area contributed by atoms with E-state index in [2.05, 4.69) is 52.0 Å². The van der Waals surface area contributed by atoms with Gasteiger partial charge in [-0.3, -0.25) is 10.1 Å². The number of carbonyl (C=O) groups excluding carboxylic acids is 1. The Balaban J connectivity index is 2.37. The first-order valence-electron chi connectivity index (χ1n) is 6.64. The van der Waals surface area contributed by atoms with Crippen LogP contribution in [0.15, 0.2) is 24.3 Å². The number of amides is 1. The Kier molecular flexibility index (Phi) is 8.01. The van der Waals surface area contributed by atoms with Gasteiger partial charge in [0.2, 0.25) is 0 Å². The lowest BCUT2D eigenvalue weighted by molar-refractivity contribution is 0.0976. The highest BCUT2D eigenvalue weighted by molar-refractivity contribution is 14.1. The maximum absolute atomic E-state index is 12.0. The fraction of sp³-hybridized carbons (Fsp3) is 0.429. The largest absolute Gasteiger partial charge is 0.361 e. The van der Waals surface area contributed by atoms with Crippen molar-refractivity contribution in [3.63, 3.8) is 0 Å². The van der Waals surface area contributed by atoms with Crippen LogP contribution in [-0.4, -0.2) is 42.1 Å². The van der Waals surface area contributed by atoms with Gasteiger partial charge in [0.05, 0.1) is 0 Å². The van der Waals surface area contributed by atoms with Gasteiger partial charge >= 0.3 is 0 Å². The number of nitrogens with one attached hydrogen (secondary N) is 2. The van der Waals surface area contributed by atoms with Crippen molar-refractivity contribution in [3.05, 3.63) is 33.4 Å². The predicted molar refractivity (Wildman–Crippen MR) is 95.0 cm³/mol. The second-order valence-electron chi connectivity index (χ2n) is 4.25. The molecule has 6 heteroatoms. The summed E-state index contributed by atoms with van der Waals surface area (Å²) in [5.74, 6) is -0.177. The van der Waals surface area contributed by atoms with Crippen molar-refractivity contribution in [1.29, 1.82) is 0 Å². The number of benzene rings is 1. The first-order valence-corrected chi connectivity index (χ1v) is 8.12. The molecule has 0 atom stereocenters. The summed E-state index contributed by atoms with van der Waals surface area (Å²) in [5.41, 5.74) is 0.616. The first-order chi connectivity index (χ1) is 9.56. The van der Waals surface area contributed by atoms with Crippen molar-refractivity contribution in [3.8, 4) is 0 Å². The maximum atomic E-state index is 12.0. The summed E-state index contributed by atoms with van der Waals surface area (Å²) < 4.78 is 1.02. The molecule has 0 radical (unpaired) electrons. The van der Waals surface area contributed by atoms with Crippen molar-refractivity contribution in [2.24, 2.45) is 0 Å². The van der Waals surface area contributed by atoms with Crippen LogP contribution in [0.1, 0.15) is 24.2 Å². The fourth-order valence-corrected chi connectivity index (χ4v) is 2.45. The molecule has 0 aliphatic rings. The molecule has 0 heterocycles. The minimum Gasteiger partial charge on any atom is -0.361 e. The van der Waals surface area contributed by atoms with E-state index in [9.17, 15) is 4.79 Å². The van der Waals surface area contributed by atoms with Gasteiger partial charge in [-0.15, -0.1) is 0 Å². The zero-order valence-corrected chi connectivity index (χ0v) is 14.8. The molecule has 0 saturated heterocycles. The molecule has 0 spiro atoms. The van der Waals surface area contributed by atoms with Crippen LogP contribution < -0.4 is 10.6 Å². The number of rotatable bonds is 6. The summed E-state index contributed by atoms with van der Waals surface area (Å²) in [4.78, 5) is 14.3. The van der Waals surface area contributed by atoms with Gasteiger partial charge in [-0.1, -0.05) is 19.9 Å². The molecule has 4 nitrogen and oxygen atoms in total. The smallest absolute Gasteiger partial charge is 0.257 e.